The number of hydrogen-bond donors (Lipinski definition) is 1. The van der Waals surface area contributed by atoms with E-state index in [2.05, 4.69) is 24.1 Å². The Kier molecular flexibility index (Phi) is 5.22. The number of nitrogens with zero attached hydrogens (tertiary/aromatic N) is 1. The van der Waals surface area contributed by atoms with Crippen molar-refractivity contribution in [1.29, 1.82) is 0 Å². The van der Waals surface area contributed by atoms with Crippen LogP contribution in [0.1, 0.15) is 42.3 Å². The first-order valence-corrected chi connectivity index (χ1v) is 6.21. The lowest BCUT2D eigenvalue weighted by atomic mass is 10.1. The second kappa shape index (κ2) is 6.20. The molecule has 0 saturated heterocycles. The van der Waals surface area contributed by atoms with Crippen molar-refractivity contribution in [3.8, 4) is 0 Å². The second-order valence-electron chi connectivity index (χ2n) is 3.74. The molecule has 1 aromatic rings. The van der Waals surface area contributed by atoms with Gasteiger partial charge in [0.2, 0.25) is 0 Å². The summed E-state index contributed by atoms with van der Waals surface area (Å²) in [7, 11) is 1.96. The van der Waals surface area contributed by atoms with Crippen LogP contribution in [0.4, 0.5) is 0 Å². The Bertz CT molecular complexity index is 297. The number of aromatic nitrogens is 1. The molecule has 0 radical (unpaired) electrons. The van der Waals surface area contributed by atoms with Crippen LogP contribution in [0.2, 0.25) is 0 Å². The average molecular weight is 228 g/mol. The van der Waals surface area contributed by atoms with Crippen molar-refractivity contribution < 1.29 is 4.74 Å². The van der Waals surface area contributed by atoms with Gasteiger partial charge in [-0.15, -0.1) is 11.3 Å². The maximum absolute atomic E-state index is 5.37. The maximum Gasteiger partial charge on any atom is 0.119 e. The van der Waals surface area contributed by atoms with Crippen LogP contribution in [-0.4, -0.2) is 18.6 Å². The van der Waals surface area contributed by atoms with E-state index in [1.165, 1.54) is 10.6 Å². The molecule has 0 aromatic carbocycles. The Balaban J connectivity index is 2.78. The van der Waals surface area contributed by atoms with E-state index >= 15 is 0 Å². The van der Waals surface area contributed by atoms with Crippen molar-refractivity contribution in [2.45, 2.75) is 39.8 Å². The van der Waals surface area contributed by atoms with Crippen molar-refractivity contribution in [1.82, 2.24) is 10.3 Å². The number of thiazole rings is 1. The zero-order valence-electron chi connectivity index (χ0n) is 9.96. The van der Waals surface area contributed by atoms with E-state index in [1.807, 2.05) is 14.0 Å². The molecule has 0 bridgehead atoms. The van der Waals surface area contributed by atoms with Gasteiger partial charge in [0.15, 0.2) is 0 Å². The molecule has 0 aliphatic carbocycles. The van der Waals surface area contributed by atoms with Crippen LogP contribution in [0.3, 0.4) is 0 Å². The van der Waals surface area contributed by atoms with Crippen molar-refractivity contribution in [3.63, 3.8) is 0 Å². The number of rotatable bonds is 6. The molecule has 0 spiro atoms. The lowest BCUT2D eigenvalue weighted by Crippen LogP contribution is -2.06. The first-order chi connectivity index (χ1) is 7.19. The third-order valence-electron chi connectivity index (χ3n) is 2.09. The summed E-state index contributed by atoms with van der Waals surface area (Å²) in [4.78, 5) is 5.95. The summed E-state index contributed by atoms with van der Waals surface area (Å²) < 4.78 is 5.37. The molecule has 1 rings (SSSR count). The smallest absolute Gasteiger partial charge is 0.119 e. The highest BCUT2D eigenvalue weighted by molar-refractivity contribution is 7.11. The molecular weight excluding hydrogens is 208 g/mol. The molecule has 0 saturated carbocycles. The van der Waals surface area contributed by atoms with Crippen LogP contribution >= 0.6 is 11.3 Å². The predicted molar refractivity (Wildman–Crippen MR) is 64.3 cm³/mol. The Morgan fingerprint density at radius 2 is 2.20 bits per heavy atom. The average Bonchev–Trinajstić information content (AvgIpc) is 2.59. The molecule has 0 atom stereocenters. The second-order valence-corrected chi connectivity index (χ2v) is 4.91. The molecule has 86 valence electrons. The van der Waals surface area contributed by atoms with E-state index < -0.39 is 0 Å². The highest BCUT2D eigenvalue weighted by Crippen LogP contribution is 2.25. The fourth-order valence-corrected chi connectivity index (χ4v) is 2.58. The minimum Gasteiger partial charge on any atom is -0.375 e. The van der Waals surface area contributed by atoms with Crippen molar-refractivity contribution in [3.05, 3.63) is 15.6 Å². The van der Waals surface area contributed by atoms with Crippen molar-refractivity contribution in [2.24, 2.45) is 0 Å². The minimum absolute atomic E-state index is 0.486. The molecule has 1 N–H and O–H groups in total. The number of ether oxygens (including phenoxy) is 1. The highest BCUT2D eigenvalue weighted by Gasteiger charge is 2.13. The zero-order chi connectivity index (χ0) is 11.3. The monoisotopic (exact) mass is 228 g/mol. The molecule has 0 amide bonds. The highest BCUT2D eigenvalue weighted by atomic mass is 32.1. The SMILES string of the molecule is CCOCc1nc(C(C)C)c(CNC)s1. The summed E-state index contributed by atoms with van der Waals surface area (Å²) in [5.74, 6) is 0.486. The number of nitrogens with one attached hydrogen (secondary N) is 1. The van der Waals surface area contributed by atoms with Gasteiger partial charge in [0.25, 0.3) is 0 Å². The van der Waals surface area contributed by atoms with Gasteiger partial charge in [0.05, 0.1) is 12.3 Å². The summed E-state index contributed by atoms with van der Waals surface area (Å²) in [6, 6.07) is 0. The standard InChI is InChI=1S/C11H20N2OS/c1-5-14-7-10-13-11(8(2)3)9(15-10)6-12-4/h8,12H,5-7H2,1-4H3. The van der Waals surface area contributed by atoms with Crippen molar-refractivity contribution in [2.75, 3.05) is 13.7 Å². The van der Waals surface area contributed by atoms with Gasteiger partial charge >= 0.3 is 0 Å². The van der Waals surface area contributed by atoms with E-state index in [4.69, 9.17) is 4.74 Å². The molecule has 3 nitrogen and oxygen atoms in total. The van der Waals surface area contributed by atoms with Gasteiger partial charge in [-0.25, -0.2) is 4.98 Å². The first-order valence-electron chi connectivity index (χ1n) is 5.39. The topological polar surface area (TPSA) is 34.1 Å². The molecular formula is C11H20N2OS. The Labute approximate surface area is 95.9 Å². The summed E-state index contributed by atoms with van der Waals surface area (Å²) in [6.07, 6.45) is 0. The van der Waals surface area contributed by atoms with Crippen LogP contribution < -0.4 is 5.32 Å². The first kappa shape index (κ1) is 12.6. The predicted octanol–water partition coefficient (Wildman–Crippen LogP) is 2.52. The quantitative estimate of drug-likeness (QED) is 0.812. The van der Waals surface area contributed by atoms with Gasteiger partial charge in [-0.1, -0.05) is 13.8 Å². The van der Waals surface area contributed by atoms with E-state index in [0.717, 1.165) is 18.2 Å². The van der Waals surface area contributed by atoms with Gasteiger partial charge < -0.3 is 10.1 Å². The fraction of sp³-hybridized carbons (Fsp3) is 0.727. The van der Waals surface area contributed by atoms with Crippen molar-refractivity contribution >= 4 is 11.3 Å². The molecule has 0 aliphatic heterocycles. The maximum atomic E-state index is 5.37. The third kappa shape index (κ3) is 3.55. The van der Waals surface area contributed by atoms with E-state index in [-0.39, 0.29) is 0 Å². The minimum atomic E-state index is 0.486. The van der Waals surface area contributed by atoms with E-state index in [9.17, 15) is 0 Å². The summed E-state index contributed by atoms with van der Waals surface area (Å²) >= 11 is 1.75. The van der Waals surface area contributed by atoms with Gasteiger partial charge in [-0.2, -0.15) is 0 Å². The van der Waals surface area contributed by atoms with Gasteiger partial charge in [-0.3, -0.25) is 0 Å². The Morgan fingerprint density at radius 3 is 2.73 bits per heavy atom. The fourth-order valence-electron chi connectivity index (χ4n) is 1.40. The normalized spacial score (nSPS) is 11.3. The number of hydrogen-bond acceptors (Lipinski definition) is 4. The molecule has 1 aromatic heterocycles. The molecule has 15 heavy (non-hydrogen) atoms. The van der Waals surface area contributed by atoms with E-state index in [0.29, 0.717) is 12.5 Å². The summed E-state index contributed by atoms with van der Waals surface area (Å²) in [5, 5.41) is 4.27. The van der Waals surface area contributed by atoms with Gasteiger partial charge in [-0.05, 0) is 19.9 Å². The molecule has 1 heterocycles. The molecule has 4 heteroatoms. The van der Waals surface area contributed by atoms with Crippen LogP contribution in [-0.2, 0) is 17.9 Å². The van der Waals surface area contributed by atoms with Gasteiger partial charge in [0.1, 0.15) is 5.01 Å². The molecule has 0 aliphatic rings. The molecule has 0 fully saturated rings. The Hall–Kier alpha value is -0.450. The van der Waals surface area contributed by atoms with E-state index in [1.54, 1.807) is 11.3 Å². The van der Waals surface area contributed by atoms with Crippen LogP contribution in [0.15, 0.2) is 0 Å². The third-order valence-corrected chi connectivity index (χ3v) is 3.13. The van der Waals surface area contributed by atoms with Crippen LogP contribution in [0.5, 0.6) is 0 Å². The van der Waals surface area contributed by atoms with Gasteiger partial charge in [0, 0.05) is 18.0 Å². The Morgan fingerprint density at radius 1 is 1.47 bits per heavy atom. The lowest BCUT2D eigenvalue weighted by Gasteiger charge is -2.03. The van der Waals surface area contributed by atoms with Crippen LogP contribution in [0.25, 0.3) is 0 Å². The summed E-state index contributed by atoms with van der Waals surface area (Å²) in [5.41, 5.74) is 1.21. The summed E-state index contributed by atoms with van der Waals surface area (Å²) in [6.45, 7) is 8.66. The van der Waals surface area contributed by atoms with Crippen LogP contribution in [0, 0.1) is 0 Å². The largest absolute Gasteiger partial charge is 0.375 e. The molecule has 0 unspecified atom stereocenters. The lowest BCUT2D eigenvalue weighted by molar-refractivity contribution is 0.133. The zero-order valence-corrected chi connectivity index (χ0v) is 10.8.